The Kier molecular flexibility index (Phi) is 5.90. The fourth-order valence-electron chi connectivity index (χ4n) is 2.26. The van der Waals surface area contributed by atoms with Gasteiger partial charge in [-0.05, 0) is 24.3 Å². The molecule has 0 radical (unpaired) electrons. The highest BCUT2D eigenvalue weighted by Gasteiger charge is 2.15. The van der Waals surface area contributed by atoms with Crippen LogP contribution in [0.15, 0.2) is 60.0 Å². The topological polar surface area (TPSA) is 51.0 Å². The summed E-state index contributed by atoms with van der Waals surface area (Å²) in [6.07, 6.45) is 1.60. The van der Waals surface area contributed by atoms with Crippen molar-refractivity contribution >= 4 is 29.3 Å². The molecule has 26 heavy (non-hydrogen) atoms. The monoisotopic (exact) mass is 390 g/mol. The molecule has 0 aliphatic heterocycles. The summed E-state index contributed by atoms with van der Waals surface area (Å²) in [5.74, 6) is -0.431. The molecule has 0 aliphatic rings. The second-order valence-electron chi connectivity index (χ2n) is 5.55. The number of thioether (sulfide) groups is 1. The van der Waals surface area contributed by atoms with Gasteiger partial charge in [0.2, 0.25) is 11.1 Å². The minimum Gasteiger partial charge on any atom is -0.341 e. The number of nitrogens with zero attached hydrogens (tertiary/aromatic N) is 4. The molecule has 134 valence electrons. The number of hydrogen-bond donors (Lipinski definition) is 0. The molecule has 2 aromatic carbocycles. The predicted octanol–water partition coefficient (Wildman–Crippen LogP) is 3.81. The van der Waals surface area contributed by atoms with Gasteiger partial charge in [0.1, 0.15) is 12.1 Å². The lowest BCUT2D eigenvalue weighted by Crippen LogP contribution is -2.28. The van der Waals surface area contributed by atoms with E-state index in [-0.39, 0.29) is 18.2 Å². The molecule has 0 N–H and O–H groups in total. The van der Waals surface area contributed by atoms with E-state index in [2.05, 4.69) is 10.1 Å². The largest absolute Gasteiger partial charge is 0.341 e. The van der Waals surface area contributed by atoms with Crippen molar-refractivity contribution in [1.82, 2.24) is 19.7 Å². The first-order chi connectivity index (χ1) is 12.5. The minimum absolute atomic E-state index is 0.108. The highest BCUT2D eigenvalue weighted by Crippen LogP contribution is 2.21. The van der Waals surface area contributed by atoms with Crippen molar-refractivity contribution < 1.29 is 9.18 Å². The van der Waals surface area contributed by atoms with Crippen molar-refractivity contribution in [3.05, 3.63) is 71.3 Å². The lowest BCUT2D eigenvalue weighted by molar-refractivity contribution is -0.127. The lowest BCUT2D eigenvalue weighted by atomic mass is 10.2. The second-order valence-corrected chi connectivity index (χ2v) is 6.90. The minimum atomic E-state index is -0.423. The van der Waals surface area contributed by atoms with Crippen molar-refractivity contribution in [2.45, 2.75) is 11.7 Å². The Bertz CT molecular complexity index is 883. The van der Waals surface area contributed by atoms with E-state index in [4.69, 9.17) is 11.6 Å². The third kappa shape index (κ3) is 4.42. The summed E-state index contributed by atoms with van der Waals surface area (Å²) in [6, 6.07) is 14.0. The predicted molar refractivity (Wildman–Crippen MR) is 100.0 cm³/mol. The molecule has 1 amide bonds. The average molecular weight is 391 g/mol. The summed E-state index contributed by atoms with van der Waals surface area (Å²) in [7, 11) is 1.61. The Morgan fingerprint density at radius 1 is 1.23 bits per heavy atom. The van der Waals surface area contributed by atoms with Gasteiger partial charge < -0.3 is 4.90 Å². The quantitative estimate of drug-likeness (QED) is 0.600. The summed E-state index contributed by atoms with van der Waals surface area (Å²) in [6.45, 7) is 0.108. The fraction of sp³-hybridized carbons (Fsp3) is 0.167. The number of amides is 1. The Labute approximate surface area is 159 Å². The summed E-state index contributed by atoms with van der Waals surface area (Å²) < 4.78 is 15.5. The Morgan fingerprint density at radius 2 is 2.00 bits per heavy atom. The number of para-hydroxylation sites is 1. The Balaban J connectivity index is 1.58. The molecule has 0 bridgehead atoms. The lowest BCUT2D eigenvalue weighted by Gasteiger charge is -2.18. The molecule has 1 heterocycles. The standard InChI is InChI=1S/C18H16ClFN4OS/c1-23(10-14-15(19)8-5-9-16(14)20)17(25)11-26-18-21-12-24(22-18)13-6-3-2-4-7-13/h2-9,12H,10-11H2,1H3. The van der Waals surface area contributed by atoms with Crippen LogP contribution in [0.5, 0.6) is 0 Å². The number of aromatic nitrogens is 3. The molecule has 0 fully saturated rings. The summed E-state index contributed by atoms with van der Waals surface area (Å²) in [5, 5.41) is 5.15. The zero-order chi connectivity index (χ0) is 18.5. The van der Waals surface area contributed by atoms with Crippen molar-refractivity contribution in [1.29, 1.82) is 0 Å². The van der Waals surface area contributed by atoms with Gasteiger partial charge in [-0.1, -0.05) is 47.6 Å². The first-order valence-electron chi connectivity index (χ1n) is 7.81. The third-order valence-corrected chi connectivity index (χ3v) is 4.89. The van der Waals surface area contributed by atoms with Gasteiger partial charge in [-0.3, -0.25) is 4.79 Å². The molecule has 3 aromatic rings. The van der Waals surface area contributed by atoms with Gasteiger partial charge in [0.25, 0.3) is 0 Å². The Hall–Kier alpha value is -2.38. The highest BCUT2D eigenvalue weighted by atomic mass is 35.5. The van der Waals surface area contributed by atoms with E-state index in [1.165, 1.54) is 28.8 Å². The van der Waals surface area contributed by atoms with Crippen LogP contribution < -0.4 is 0 Å². The van der Waals surface area contributed by atoms with Crippen LogP contribution in [-0.4, -0.2) is 38.4 Å². The summed E-state index contributed by atoms with van der Waals surface area (Å²) in [5.41, 5.74) is 1.20. The van der Waals surface area contributed by atoms with Gasteiger partial charge in [0.05, 0.1) is 11.4 Å². The molecule has 0 aliphatic carbocycles. The van der Waals surface area contributed by atoms with Gasteiger partial charge in [-0.25, -0.2) is 14.1 Å². The molecular formula is C18H16ClFN4OS. The molecule has 3 rings (SSSR count). The van der Waals surface area contributed by atoms with Gasteiger partial charge >= 0.3 is 0 Å². The second kappa shape index (κ2) is 8.33. The molecule has 0 saturated heterocycles. The smallest absolute Gasteiger partial charge is 0.233 e. The van der Waals surface area contributed by atoms with Crippen LogP contribution in [0.25, 0.3) is 5.69 Å². The van der Waals surface area contributed by atoms with Crippen molar-refractivity contribution in [3.63, 3.8) is 0 Å². The summed E-state index contributed by atoms with van der Waals surface area (Å²) in [4.78, 5) is 17.9. The molecule has 0 saturated carbocycles. The number of carbonyl (C=O) groups excluding carboxylic acids is 1. The molecule has 0 unspecified atom stereocenters. The van der Waals surface area contributed by atoms with E-state index < -0.39 is 5.82 Å². The zero-order valence-corrected chi connectivity index (χ0v) is 15.5. The normalized spacial score (nSPS) is 10.7. The first-order valence-corrected chi connectivity index (χ1v) is 9.17. The van der Waals surface area contributed by atoms with Gasteiger partial charge in [0.15, 0.2) is 0 Å². The number of benzene rings is 2. The zero-order valence-electron chi connectivity index (χ0n) is 14.0. The number of halogens is 2. The van der Waals surface area contributed by atoms with E-state index in [1.54, 1.807) is 24.1 Å². The van der Waals surface area contributed by atoms with Gasteiger partial charge in [-0.15, -0.1) is 5.10 Å². The van der Waals surface area contributed by atoms with Crippen LogP contribution in [0, 0.1) is 5.82 Å². The van der Waals surface area contributed by atoms with Gasteiger partial charge in [-0.2, -0.15) is 0 Å². The van der Waals surface area contributed by atoms with E-state index in [1.807, 2.05) is 30.3 Å². The number of rotatable bonds is 6. The molecule has 8 heteroatoms. The van der Waals surface area contributed by atoms with Crippen molar-refractivity contribution in [3.8, 4) is 5.69 Å². The molecular weight excluding hydrogens is 375 g/mol. The Morgan fingerprint density at radius 3 is 2.73 bits per heavy atom. The maximum atomic E-state index is 13.8. The fourth-order valence-corrected chi connectivity index (χ4v) is 3.23. The molecule has 0 atom stereocenters. The van der Waals surface area contributed by atoms with E-state index in [0.717, 1.165) is 5.69 Å². The number of carbonyl (C=O) groups is 1. The summed E-state index contributed by atoms with van der Waals surface area (Å²) >= 11 is 7.24. The maximum Gasteiger partial charge on any atom is 0.233 e. The maximum absolute atomic E-state index is 13.8. The third-order valence-electron chi connectivity index (χ3n) is 3.70. The number of hydrogen-bond acceptors (Lipinski definition) is 4. The van der Waals surface area contributed by atoms with E-state index in [9.17, 15) is 9.18 Å². The van der Waals surface area contributed by atoms with Crippen molar-refractivity contribution in [2.75, 3.05) is 12.8 Å². The van der Waals surface area contributed by atoms with Crippen LogP contribution in [0.2, 0.25) is 5.02 Å². The van der Waals surface area contributed by atoms with Crippen molar-refractivity contribution in [2.24, 2.45) is 0 Å². The van der Waals surface area contributed by atoms with Gasteiger partial charge in [0, 0.05) is 24.2 Å². The average Bonchev–Trinajstić information content (AvgIpc) is 3.12. The highest BCUT2D eigenvalue weighted by molar-refractivity contribution is 7.99. The van der Waals surface area contributed by atoms with Crippen LogP contribution in [0.3, 0.4) is 0 Å². The van der Waals surface area contributed by atoms with E-state index >= 15 is 0 Å². The molecule has 1 aromatic heterocycles. The van der Waals surface area contributed by atoms with Crippen LogP contribution in [0.1, 0.15) is 5.56 Å². The SMILES string of the molecule is CN(Cc1c(F)cccc1Cl)C(=O)CSc1ncn(-c2ccccc2)n1. The van der Waals surface area contributed by atoms with E-state index in [0.29, 0.717) is 15.7 Å². The van der Waals surface area contributed by atoms with Crippen LogP contribution in [-0.2, 0) is 11.3 Å². The van der Waals surface area contributed by atoms with Crippen LogP contribution in [0.4, 0.5) is 4.39 Å². The first kappa shape index (κ1) is 18.4. The molecule has 0 spiro atoms. The van der Waals surface area contributed by atoms with Crippen LogP contribution >= 0.6 is 23.4 Å². The molecule has 5 nitrogen and oxygen atoms in total.